The molecule has 0 aliphatic carbocycles. The first-order valence-corrected chi connectivity index (χ1v) is 37.6. The Morgan fingerprint density at radius 1 is 0.143 bits per heavy atom. The lowest BCUT2D eigenvalue weighted by atomic mass is 9.84. The van der Waals surface area contributed by atoms with Gasteiger partial charge < -0.3 is 9.13 Å². The Kier molecular flexibility index (Phi) is 16.0. The maximum atomic E-state index is 5.43. The molecule has 21 rings (SSSR count). The van der Waals surface area contributed by atoms with Crippen molar-refractivity contribution in [2.24, 2.45) is 0 Å². The van der Waals surface area contributed by atoms with E-state index >= 15 is 0 Å². The summed E-state index contributed by atoms with van der Waals surface area (Å²) in [7, 11) is 0. The zero-order valence-electron chi connectivity index (χ0n) is 60.4. The van der Waals surface area contributed by atoms with Gasteiger partial charge in [-0.05, 0) is 116 Å². The molecule has 0 spiro atoms. The molecule has 0 N–H and O–H groups in total. The van der Waals surface area contributed by atoms with Crippen molar-refractivity contribution in [3.63, 3.8) is 0 Å². The van der Waals surface area contributed by atoms with E-state index in [9.17, 15) is 0 Å². The van der Waals surface area contributed by atoms with Crippen LogP contribution in [-0.2, 0) is 0 Å². The molecule has 0 saturated carbocycles. The average molecular weight is 1430 g/mol. The van der Waals surface area contributed by atoms with E-state index in [0.717, 1.165) is 150 Å². The van der Waals surface area contributed by atoms with Gasteiger partial charge >= 0.3 is 0 Å². The minimum absolute atomic E-state index is 0.566. The second kappa shape index (κ2) is 27.5. The number of hydrogen-bond donors (Lipinski definition) is 0. The zero-order valence-corrected chi connectivity index (χ0v) is 60.4. The first-order valence-electron chi connectivity index (χ1n) is 37.6. The number of para-hydroxylation sites is 3. The second-order valence-corrected chi connectivity index (χ2v) is 28.2. The third-order valence-corrected chi connectivity index (χ3v) is 21.4. The molecule has 522 valence electrons. The fourth-order valence-electron chi connectivity index (χ4n) is 16.1. The van der Waals surface area contributed by atoms with Crippen LogP contribution in [0.2, 0.25) is 0 Å². The maximum Gasteiger partial charge on any atom is 0.164 e. The van der Waals surface area contributed by atoms with E-state index in [4.69, 9.17) is 39.9 Å². The molecular weight excluding hydrogens is 1370 g/mol. The summed E-state index contributed by atoms with van der Waals surface area (Å²) in [5.41, 5.74) is 22.8. The molecule has 21 aromatic rings. The molecule has 0 saturated heterocycles. The highest BCUT2D eigenvalue weighted by Gasteiger charge is 2.24. The van der Waals surface area contributed by atoms with E-state index in [-0.39, 0.29) is 0 Å². The van der Waals surface area contributed by atoms with Crippen LogP contribution in [-0.4, -0.2) is 49.0 Å². The Bertz CT molecular complexity index is 7040. The van der Waals surface area contributed by atoms with Crippen LogP contribution in [0.25, 0.3) is 212 Å². The first-order chi connectivity index (χ1) is 55.5. The molecular formula is C102H64N10. The van der Waals surface area contributed by atoms with Crippen LogP contribution in [0, 0.1) is 0 Å². The highest BCUT2D eigenvalue weighted by atomic mass is 15.1. The summed E-state index contributed by atoms with van der Waals surface area (Å²) >= 11 is 0. The van der Waals surface area contributed by atoms with Gasteiger partial charge in [0.1, 0.15) is 0 Å². The summed E-state index contributed by atoms with van der Waals surface area (Å²) in [6.45, 7) is 0. The van der Waals surface area contributed by atoms with Crippen LogP contribution < -0.4 is 0 Å². The van der Waals surface area contributed by atoms with Crippen LogP contribution in [0.1, 0.15) is 0 Å². The second-order valence-electron chi connectivity index (χ2n) is 28.2. The average Bonchev–Trinajstić information content (AvgIpc) is 1.48. The molecule has 5 aromatic heterocycles. The topological polar surface area (TPSA) is 113 Å². The largest absolute Gasteiger partial charge is 0.309 e. The van der Waals surface area contributed by atoms with E-state index < -0.39 is 0 Å². The molecule has 112 heavy (non-hydrogen) atoms. The van der Waals surface area contributed by atoms with Gasteiger partial charge in [0.2, 0.25) is 0 Å². The zero-order chi connectivity index (χ0) is 74.0. The third kappa shape index (κ3) is 11.7. The summed E-state index contributed by atoms with van der Waals surface area (Å²) in [6.07, 6.45) is 0. The maximum absolute atomic E-state index is 5.43. The Hall–Kier alpha value is -15.3. The van der Waals surface area contributed by atoms with Crippen LogP contribution in [0.5, 0.6) is 0 Å². The molecule has 0 aliphatic rings. The Morgan fingerprint density at radius 3 is 0.839 bits per heavy atom. The van der Waals surface area contributed by atoms with E-state index in [1.807, 2.05) is 103 Å². The van der Waals surface area contributed by atoms with E-state index in [0.29, 0.717) is 40.8 Å². The molecule has 5 heterocycles. The van der Waals surface area contributed by atoms with Gasteiger partial charge in [0.25, 0.3) is 0 Å². The molecule has 0 aliphatic heterocycles. The van der Waals surface area contributed by atoms with Crippen LogP contribution in [0.3, 0.4) is 0 Å². The lowest BCUT2D eigenvalue weighted by Gasteiger charge is -2.19. The minimum atomic E-state index is 0.566. The minimum Gasteiger partial charge on any atom is -0.309 e. The fourth-order valence-corrected chi connectivity index (χ4v) is 16.1. The van der Waals surface area contributed by atoms with E-state index in [1.165, 1.54) is 21.5 Å². The van der Waals surface area contributed by atoms with Crippen molar-refractivity contribution in [1.82, 2.24) is 49.0 Å². The monoisotopic (exact) mass is 1430 g/mol. The number of benzene rings is 16. The predicted octanol–water partition coefficient (Wildman–Crippen LogP) is 25.4. The SMILES string of the molecule is c1ccc(-c2cc(-c3cc(-n4c5ccccc5c5ccccc54)cc(-n4c5ccccc5c5cc(-c6cccc(-c7nc(-c8ccccc8)nc(-c8ccc(-c9c(-c%10ccc(-c%11nc(-c%12ccccc%12)nc(-c%12ccccc%12)n%11)cc%10)c%10ccccc%10c%10ccccc9%10)cc8)n7)c6)ccc54)c3)nc(-c3ccccc3)n2)cc1. The van der Waals surface area contributed by atoms with E-state index in [2.05, 4.69) is 294 Å². The highest BCUT2D eigenvalue weighted by molar-refractivity contribution is 6.22. The van der Waals surface area contributed by atoms with Gasteiger partial charge in [-0.25, -0.2) is 39.9 Å². The molecule has 0 amide bonds. The van der Waals surface area contributed by atoms with E-state index in [1.54, 1.807) is 0 Å². The molecule has 0 bridgehead atoms. The summed E-state index contributed by atoms with van der Waals surface area (Å²) in [6, 6.07) is 137. The van der Waals surface area contributed by atoms with Gasteiger partial charge in [-0.2, -0.15) is 0 Å². The van der Waals surface area contributed by atoms with Gasteiger partial charge in [0, 0.05) is 83.0 Å². The quantitative estimate of drug-likeness (QED) is 0.0990. The van der Waals surface area contributed by atoms with Gasteiger partial charge in [-0.1, -0.05) is 328 Å². The molecule has 0 atom stereocenters. The molecule has 10 nitrogen and oxygen atoms in total. The number of aromatic nitrogens is 10. The van der Waals surface area contributed by atoms with Crippen molar-refractivity contribution in [3.8, 4) is 147 Å². The Balaban J connectivity index is 0.665. The Morgan fingerprint density at radius 2 is 0.420 bits per heavy atom. The number of fused-ring (bicyclic) bond motifs is 9. The summed E-state index contributed by atoms with van der Waals surface area (Å²) in [5.74, 6) is 4.21. The lowest BCUT2D eigenvalue weighted by Crippen LogP contribution is -2.01. The van der Waals surface area contributed by atoms with Crippen LogP contribution in [0.15, 0.2) is 388 Å². The normalized spacial score (nSPS) is 11.6. The summed E-state index contributed by atoms with van der Waals surface area (Å²) in [5, 5.41) is 9.28. The van der Waals surface area contributed by atoms with Crippen molar-refractivity contribution in [2.75, 3.05) is 0 Å². The molecule has 16 aromatic carbocycles. The molecule has 0 fully saturated rings. The van der Waals surface area contributed by atoms with Gasteiger partial charge in [0.15, 0.2) is 40.8 Å². The van der Waals surface area contributed by atoms with Crippen LogP contribution >= 0.6 is 0 Å². The fraction of sp³-hybridized carbons (Fsp3) is 0. The highest BCUT2D eigenvalue weighted by Crippen LogP contribution is 2.47. The standard InChI is InChI=1S/C102H64N10/c1-6-27-65(28-7-1)88-64-89(104-96(103-88)68-29-8-2-9-30-68)77-60-78(111-90-46-23-20-41-82(90)83-42-21-24-47-91(83)111)63-79(61-77)112-92-48-25-22-43-84(92)87-62-75(57-58-93(87)112)74-37-26-38-76(59-74)102-109-99(71-35-14-5-15-36-71)108-101(110-102)73-55-51-67(52-56-73)95-86-45-19-17-40-81(86)80-39-16-18-44-85(80)94(95)66-49-53-72(54-50-66)100-106-97(69-31-10-3-11-32-69)105-98(107-100)70-33-12-4-13-34-70/h1-64H. The van der Waals surface area contributed by atoms with Gasteiger partial charge in [-0.3, -0.25) is 0 Å². The number of rotatable bonds is 14. The van der Waals surface area contributed by atoms with Crippen molar-refractivity contribution in [3.05, 3.63) is 388 Å². The number of nitrogens with zero attached hydrogens (tertiary/aromatic N) is 10. The van der Waals surface area contributed by atoms with Crippen molar-refractivity contribution in [2.45, 2.75) is 0 Å². The van der Waals surface area contributed by atoms with Crippen LogP contribution in [0.4, 0.5) is 0 Å². The predicted molar refractivity (Wildman–Crippen MR) is 458 cm³/mol. The van der Waals surface area contributed by atoms with Gasteiger partial charge in [-0.15, -0.1) is 0 Å². The van der Waals surface area contributed by atoms with Gasteiger partial charge in [0.05, 0.1) is 33.5 Å². The van der Waals surface area contributed by atoms with Crippen molar-refractivity contribution < 1.29 is 0 Å². The van der Waals surface area contributed by atoms with Crippen molar-refractivity contribution >= 4 is 65.2 Å². The summed E-state index contributed by atoms with van der Waals surface area (Å²) < 4.78 is 4.81. The van der Waals surface area contributed by atoms with Crippen molar-refractivity contribution in [1.29, 1.82) is 0 Å². The third-order valence-electron chi connectivity index (χ3n) is 21.4. The first kappa shape index (κ1) is 65.1. The Labute approximate surface area is 645 Å². The molecule has 0 radical (unpaired) electrons. The number of hydrogen-bond acceptors (Lipinski definition) is 8. The lowest BCUT2D eigenvalue weighted by molar-refractivity contribution is 1.07. The molecule has 0 unspecified atom stereocenters. The smallest absolute Gasteiger partial charge is 0.164 e. The summed E-state index contributed by atoms with van der Waals surface area (Å²) in [4.78, 5) is 41.7. The molecule has 10 heteroatoms.